The van der Waals surface area contributed by atoms with E-state index in [0.29, 0.717) is 22.5 Å². The fraction of sp³-hybridized carbons (Fsp3) is 0.524. The molecule has 1 aromatic carbocycles. The number of hydrogen-bond acceptors (Lipinski definition) is 5. The Bertz CT molecular complexity index is 858. The van der Waals surface area contributed by atoms with Crippen LogP contribution in [0.15, 0.2) is 18.2 Å². The van der Waals surface area contributed by atoms with Gasteiger partial charge in [-0.05, 0) is 55.7 Å². The van der Waals surface area contributed by atoms with Crippen LogP contribution in [0.4, 0.5) is 5.69 Å². The maximum atomic E-state index is 12.6. The number of halogens is 1. The fourth-order valence-electron chi connectivity index (χ4n) is 4.98. The second-order valence-electron chi connectivity index (χ2n) is 8.14. The molecule has 1 saturated heterocycles. The second-order valence-corrected chi connectivity index (χ2v) is 8.54. The third kappa shape index (κ3) is 3.75. The molecule has 3 aliphatic rings. The zero-order valence-corrected chi connectivity index (χ0v) is 16.9. The number of esters is 1. The van der Waals surface area contributed by atoms with E-state index in [2.05, 4.69) is 5.32 Å². The van der Waals surface area contributed by atoms with Gasteiger partial charge in [0.15, 0.2) is 6.61 Å². The fourth-order valence-corrected chi connectivity index (χ4v) is 5.16. The van der Waals surface area contributed by atoms with Gasteiger partial charge in [0.1, 0.15) is 0 Å². The molecule has 0 radical (unpaired) electrons. The molecule has 4 atom stereocenters. The lowest BCUT2D eigenvalue weighted by molar-refractivity contribution is -0.149. The number of rotatable bonds is 6. The Morgan fingerprint density at radius 1 is 1.17 bits per heavy atom. The number of aryl methyl sites for hydroxylation is 1. The van der Waals surface area contributed by atoms with Crippen LogP contribution in [0.2, 0.25) is 5.02 Å². The number of carbonyl (C=O) groups excluding carboxylic acids is 4. The van der Waals surface area contributed by atoms with Gasteiger partial charge >= 0.3 is 5.97 Å². The van der Waals surface area contributed by atoms with Crippen LogP contribution in [0.1, 0.15) is 31.2 Å². The Kier molecular flexibility index (Phi) is 5.34. The van der Waals surface area contributed by atoms with Crippen LogP contribution in [-0.2, 0) is 23.9 Å². The van der Waals surface area contributed by atoms with Gasteiger partial charge in [0.05, 0.1) is 18.3 Å². The molecule has 4 rings (SSSR count). The number of imide groups is 1. The lowest BCUT2D eigenvalue weighted by Gasteiger charge is -2.19. The molecule has 8 heteroatoms. The maximum absolute atomic E-state index is 12.6. The van der Waals surface area contributed by atoms with E-state index in [0.717, 1.165) is 24.8 Å². The Hall–Kier alpha value is -2.41. The molecule has 3 amide bonds. The van der Waals surface area contributed by atoms with Crippen LogP contribution in [-0.4, -0.2) is 41.7 Å². The second kappa shape index (κ2) is 7.78. The number of hydrogen-bond donors (Lipinski definition) is 1. The predicted molar refractivity (Wildman–Crippen MR) is 105 cm³/mol. The summed E-state index contributed by atoms with van der Waals surface area (Å²) in [4.78, 5) is 50.3. The van der Waals surface area contributed by atoms with Gasteiger partial charge in [0.25, 0.3) is 5.91 Å². The van der Waals surface area contributed by atoms with E-state index in [1.807, 2.05) is 6.92 Å². The molecule has 2 aliphatic carbocycles. The van der Waals surface area contributed by atoms with Crippen molar-refractivity contribution in [3.05, 3.63) is 28.8 Å². The topological polar surface area (TPSA) is 92.8 Å². The standard InChI is InChI=1S/C21H23ClN2O5/c1-11-2-5-14(9-15(11)22)23-16(25)10-29-17(26)6-7-24-20(27)18-12-3-4-13(8-12)19(18)21(24)28/h2,5,9,12-13,18-19H,3-4,6-8,10H2,1H3,(H,23,25)/t12-,13+,18-,19+. The van der Waals surface area contributed by atoms with E-state index >= 15 is 0 Å². The number of nitrogens with one attached hydrogen (secondary N) is 1. The van der Waals surface area contributed by atoms with Crippen molar-refractivity contribution in [2.45, 2.75) is 32.6 Å². The van der Waals surface area contributed by atoms with Crippen molar-refractivity contribution in [2.24, 2.45) is 23.7 Å². The number of amides is 3. The van der Waals surface area contributed by atoms with E-state index in [1.165, 1.54) is 4.90 Å². The lowest BCUT2D eigenvalue weighted by atomic mass is 9.81. The van der Waals surface area contributed by atoms with Gasteiger partial charge in [-0.25, -0.2) is 0 Å². The van der Waals surface area contributed by atoms with Gasteiger partial charge < -0.3 is 10.1 Å². The number of fused-ring (bicyclic) bond motifs is 5. The summed E-state index contributed by atoms with van der Waals surface area (Å²) in [6, 6.07) is 5.09. The summed E-state index contributed by atoms with van der Waals surface area (Å²) in [7, 11) is 0. The van der Waals surface area contributed by atoms with Gasteiger partial charge in [-0.1, -0.05) is 17.7 Å². The number of ether oxygens (including phenoxy) is 1. The summed E-state index contributed by atoms with van der Waals surface area (Å²) in [6.07, 6.45) is 2.89. The Balaban J connectivity index is 1.23. The SMILES string of the molecule is Cc1ccc(NC(=O)COC(=O)CCN2C(=O)[C@@H]3[C@@H]4CC[C@@H](C4)[C@@H]3C2=O)cc1Cl. The number of benzene rings is 1. The highest BCUT2D eigenvalue weighted by Gasteiger charge is 2.60. The van der Waals surface area contributed by atoms with E-state index < -0.39 is 18.5 Å². The Morgan fingerprint density at radius 2 is 1.83 bits per heavy atom. The number of anilines is 1. The van der Waals surface area contributed by atoms with Crippen molar-refractivity contribution in [1.29, 1.82) is 0 Å². The average Bonchev–Trinajstić information content (AvgIpc) is 3.36. The van der Waals surface area contributed by atoms with E-state index in [9.17, 15) is 19.2 Å². The largest absolute Gasteiger partial charge is 0.456 e. The minimum absolute atomic E-state index is 0.0120. The molecular weight excluding hydrogens is 396 g/mol. The maximum Gasteiger partial charge on any atom is 0.308 e. The Labute approximate surface area is 173 Å². The van der Waals surface area contributed by atoms with Gasteiger partial charge in [-0.2, -0.15) is 0 Å². The van der Waals surface area contributed by atoms with Gasteiger partial charge in [0, 0.05) is 17.3 Å². The van der Waals surface area contributed by atoms with Crippen LogP contribution in [0.25, 0.3) is 0 Å². The molecule has 0 aromatic heterocycles. The molecule has 154 valence electrons. The van der Waals surface area contributed by atoms with Crippen molar-refractivity contribution in [3.8, 4) is 0 Å². The van der Waals surface area contributed by atoms with Crippen molar-refractivity contribution in [3.63, 3.8) is 0 Å². The lowest BCUT2D eigenvalue weighted by Crippen LogP contribution is -2.35. The molecule has 29 heavy (non-hydrogen) atoms. The van der Waals surface area contributed by atoms with Crippen molar-refractivity contribution < 1.29 is 23.9 Å². The van der Waals surface area contributed by atoms with E-state index in [1.54, 1.807) is 18.2 Å². The first kappa shape index (κ1) is 19.9. The molecule has 2 bridgehead atoms. The van der Waals surface area contributed by atoms with Crippen LogP contribution < -0.4 is 5.32 Å². The summed E-state index contributed by atoms with van der Waals surface area (Å²) in [6.45, 7) is 1.42. The zero-order chi connectivity index (χ0) is 20.7. The third-order valence-electron chi connectivity index (χ3n) is 6.38. The zero-order valence-electron chi connectivity index (χ0n) is 16.2. The normalized spacial score (nSPS) is 27.3. The predicted octanol–water partition coefficient (Wildman–Crippen LogP) is 2.55. The summed E-state index contributed by atoms with van der Waals surface area (Å²) in [5.74, 6) is -1.15. The molecule has 7 nitrogen and oxygen atoms in total. The first-order valence-corrected chi connectivity index (χ1v) is 10.3. The first-order chi connectivity index (χ1) is 13.8. The van der Waals surface area contributed by atoms with Crippen LogP contribution in [0.5, 0.6) is 0 Å². The number of carbonyl (C=O) groups is 4. The molecule has 0 unspecified atom stereocenters. The van der Waals surface area contributed by atoms with E-state index in [4.69, 9.17) is 16.3 Å². The highest BCUT2D eigenvalue weighted by Crippen LogP contribution is 2.56. The first-order valence-electron chi connectivity index (χ1n) is 9.92. The smallest absolute Gasteiger partial charge is 0.308 e. The molecule has 0 spiro atoms. The van der Waals surface area contributed by atoms with Gasteiger partial charge in [-0.15, -0.1) is 0 Å². The van der Waals surface area contributed by atoms with Crippen molar-refractivity contribution in [2.75, 3.05) is 18.5 Å². The quantitative estimate of drug-likeness (QED) is 0.566. The van der Waals surface area contributed by atoms with Crippen LogP contribution in [0.3, 0.4) is 0 Å². The van der Waals surface area contributed by atoms with Crippen molar-refractivity contribution in [1.82, 2.24) is 4.90 Å². The van der Waals surface area contributed by atoms with E-state index in [-0.39, 0.29) is 36.6 Å². The third-order valence-corrected chi connectivity index (χ3v) is 6.79. The van der Waals surface area contributed by atoms with Crippen LogP contribution in [0, 0.1) is 30.6 Å². The minimum atomic E-state index is -0.622. The monoisotopic (exact) mass is 418 g/mol. The molecule has 3 fully saturated rings. The van der Waals surface area contributed by atoms with Gasteiger partial charge in [-0.3, -0.25) is 24.1 Å². The molecule has 1 N–H and O–H groups in total. The highest BCUT2D eigenvalue weighted by atomic mass is 35.5. The summed E-state index contributed by atoms with van der Waals surface area (Å²) in [5, 5.41) is 3.13. The number of likely N-dealkylation sites (tertiary alicyclic amines) is 1. The van der Waals surface area contributed by atoms with Crippen molar-refractivity contribution >= 4 is 41.0 Å². The molecule has 2 saturated carbocycles. The average molecular weight is 419 g/mol. The van der Waals surface area contributed by atoms with Gasteiger partial charge in [0.2, 0.25) is 11.8 Å². The molecule has 1 aliphatic heterocycles. The minimum Gasteiger partial charge on any atom is -0.456 e. The summed E-state index contributed by atoms with van der Waals surface area (Å²) < 4.78 is 4.98. The molecule has 1 aromatic rings. The summed E-state index contributed by atoms with van der Waals surface area (Å²) in [5.41, 5.74) is 1.40. The molecule has 1 heterocycles. The highest BCUT2D eigenvalue weighted by molar-refractivity contribution is 6.31. The van der Waals surface area contributed by atoms with Crippen LogP contribution >= 0.6 is 11.6 Å². The Morgan fingerprint density at radius 3 is 2.45 bits per heavy atom. The molecular formula is C21H23ClN2O5. The summed E-state index contributed by atoms with van der Waals surface area (Å²) >= 11 is 6.01. The number of nitrogens with zero attached hydrogens (tertiary/aromatic N) is 1.